The molecule has 1 N–H and O–H groups in total. The van der Waals surface area contributed by atoms with Gasteiger partial charge in [0.05, 0.1) is 17.8 Å². The zero-order valence-corrected chi connectivity index (χ0v) is 15.2. The second-order valence-electron chi connectivity index (χ2n) is 5.44. The summed E-state index contributed by atoms with van der Waals surface area (Å²) in [6.45, 7) is 3.62. The first-order valence-electron chi connectivity index (χ1n) is 7.50. The summed E-state index contributed by atoms with van der Waals surface area (Å²) >= 11 is 7.55. The van der Waals surface area contributed by atoms with Crippen LogP contribution in [0.2, 0.25) is 5.15 Å². The number of ketones is 1. The van der Waals surface area contributed by atoms with E-state index in [4.69, 9.17) is 11.6 Å². The highest BCUT2D eigenvalue weighted by Crippen LogP contribution is 2.23. The average Bonchev–Trinajstić information content (AvgIpc) is 3.14. The zero-order chi connectivity index (χ0) is 18.0. The molecule has 25 heavy (non-hydrogen) atoms. The van der Waals surface area contributed by atoms with Gasteiger partial charge in [-0.25, -0.2) is 9.67 Å². The van der Waals surface area contributed by atoms with Crippen molar-refractivity contribution in [2.45, 2.75) is 20.4 Å². The lowest BCUT2D eigenvalue weighted by atomic mass is 10.2. The molecule has 0 aliphatic rings. The number of anilines is 1. The molecule has 0 radical (unpaired) electrons. The third kappa shape index (κ3) is 3.78. The molecule has 0 saturated carbocycles. The Balaban J connectivity index is 1.81. The van der Waals surface area contributed by atoms with Crippen molar-refractivity contribution < 1.29 is 9.59 Å². The van der Waals surface area contributed by atoms with Crippen LogP contribution in [-0.2, 0) is 6.54 Å². The van der Waals surface area contributed by atoms with Crippen molar-refractivity contribution in [1.82, 2.24) is 14.8 Å². The number of nitrogens with one attached hydrogen (secondary N) is 1. The van der Waals surface area contributed by atoms with Crippen molar-refractivity contribution >= 4 is 39.8 Å². The van der Waals surface area contributed by atoms with Gasteiger partial charge in [0.15, 0.2) is 10.9 Å². The predicted molar refractivity (Wildman–Crippen MR) is 97.6 cm³/mol. The lowest BCUT2D eigenvalue weighted by Crippen LogP contribution is -2.13. The van der Waals surface area contributed by atoms with Crippen molar-refractivity contribution in [3.63, 3.8) is 0 Å². The fourth-order valence-electron chi connectivity index (χ4n) is 2.32. The Kier molecular flexibility index (Phi) is 4.96. The van der Waals surface area contributed by atoms with Crippen LogP contribution in [-0.4, -0.2) is 26.5 Å². The van der Waals surface area contributed by atoms with Crippen LogP contribution < -0.4 is 5.32 Å². The number of amides is 1. The molecule has 128 valence electrons. The van der Waals surface area contributed by atoms with Crippen LogP contribution in [0.3, 0.4) is 0 Å². The Hall–Kier alpha value is -2.51. The smallest absolute Gasteiger partial charge is 0.262 e. The lowest BCUT2D eigenvalue weighted by Gasteiger charge is -2.04. The number of carbonyl (C=O) groups is 2. The molecule has 0 saturated heterocycles. The van der Waals surface area contributed by atoms with E-state index < -0.39 is 5.91 Å². The second-order valence-corrected chi connectivity index (χ2v) is 6.66. The maximum Gasteiger partial charge on any atom is 0.262 e. The Bertz CT molecular complexity index is 934. The van der Waals surface area contributed by atoms with Crippen molar-refractivity contribution in [1.29, 1.82) is 0 Å². The monoisotopic (exact) mass is 374 g/mol. The summed E-state index contributed by atoms with van der Waals surface area (Å²) in [6.07, 6.45) is 0. The molecule has 2 aromatic heterocycles. The summed E-state index contributed by atoms with van der Waals surface area (Å²) in [7, 11) is 0. The van der Waals surface area contributed by atoms with Gasteiger partial charge in [-0.05, 0) is 12.5 Å². The first-order chi connectivity index (χ1) is 12.0. The Morgan fingerprint density at radius 1 is 1.28 bits per heavy atom. The number of hydrogen-bond acceptors (Lipinski definition) is 5. The molecule has 6 nitrogen and oxygen atoms in total. The topological polar surface area (TPSA) is 76.9 Å². The van der Waals surface area contributed by atoms with Gasteiger partial charge in [0.25, 0.3) is 5.91 Å². The van der Waals surface area contributed by atoms with E-state index in [9.17, 15) is 9.59 Å². The molecule has 3 aromatic rings. The minimum atomic E-state index is -0.397. The van der Waals surface area contributed by atoms with E-state index in [-0.39, 0.29) is 10.9 Å². The van der Waals surface area contributed by atoms with Crippen molar-refractivity contribution in [2.75, 3.05) is 5.32 Å². The minimum Gasteiger partial charge on any atom is -0.298 e. The van der Waals surface area contributed by atoms with Crippen molar-refractivity contribution in [3.8, 4) is 0 Å². The quantitative estimate of drug-likeness (QED) is 0.689. The average molecular weight is 375 g/mol. The zero-order valence-electron chi connectivity index (χ0n) is 13.6. The number of carbonyl (C=O) groups excluding carboxylic acids is 2. The number of aromatic nitrogens is 3. The molecule has 8 heteroatoms. The number of benzene rings is 1. The normalized spacial score (nSPS) is 10.7. The first kappa shape index (κ1) is 17.3. The maximum absolute atomic E-state index is 12.5. The molecule has 0 aliphatic heterocycles. The number of halogens is 1. The van der Waals surface area contributed by atoms with Gasteiger partial charge in [-0.2, -0.15) is 5.10 Å². The maximum atomic E-state index is 12.5. The van der Waals surface area contributed by atoms with E-state index in [0.29, 0.717) is 28.6 Å². The van der Waals surface area contributed by atoms with E-state index in [0.717, 1.165) is 5.56 Å². The third-order valence-corrected chi connectivity index (χ3v) is 4.69. The molecule has 2 heterocycles. The van der Waals surface area contributed by atoms with Crippen LogP contribution in [0.4, 0.5) is 5.13 Å². The first-order valence-corrected chi connectivity index (χ1v) is 8.76. The van der Waals surface area contributed by atoms with Crippen LogP contribution in [0.25, 0.3) is 0 Å². The third-order valence-electron chi connectivity index (χ3n) is 3.55. The Labute approximate surface area is 153 Å². The highest BCUT2D eigenvalue weighted by atomic mass is 35.5. The molecule has 0 fully saturated rings. The molecule has 0 bridgehead atoms. The van der Waals surface area contributed by atoms with Crippen LogP contribution in [0.5, 0.6) is 0 Å². The van der Waals surface area contributed by atoms with Crippen LogP contribution in [0, 0.1) is 6.92 Å². The second kappa shape index (κ2) is 7.16. The highest BCUT2D eigenvalue weighted by Gasteiger charge is 2.21. The minimum absolute atomic E-state index is 0.151. The SMILES string of the molecule is CC(=O)c1csc(NC(=O)c2c(C)nn(Cc3ccccc3)c2Cl)n1. The van der Waals surface area contributed by atoms with Gasteiger partial charge in [0.1, 0.15) is 10.8 Å². The predicted octanol–water partition coefficient (Wildman–Crippen LogP) is 3.80. The highest BCUT2D eigenvalue weighted by molar-refractivity contribution is 7.14. The van der Waals surface area contributed by atoms with Gasteiger partial charge in [-0.1, -0.05) is 41.9 Å². The van der Waals surface area contributed by atoms with Gasteiger partial charge < -0.3 is 0 Å². The van der Waals surface area contributed by atoms with Crippen molar-refractivity contribution in [2.24, 2.45) is 0 Å². The van der Waals surface area contributed by atoms with Crippen LogP contribution in [0.1, 0.15) is 39.0 Å². The molecule has 0 aliphatic carbocycles. The van der Waals surface area contributed by atoms with E-state index in [1.165, 1.54) is 18.3 Å². The molecular formula is C17H15ClN4O2S. The summed E-state index contributed by atoms with van der Waals surface area (Å²) in [4.78, 5) is 27.9. The van der Waals surface area contributed by atoms with E-state index in [1.807, 2.05) is 30.3 Å². The number of hydrogen-bond donors (Lipinski definition) is 1. The summed E-state index contributed by atoms with van der Waals surface area (Å²) < 4.78 is 1.59. The summed E-state index contributed by atoms with van der Waals surface area (Å²) in [5.74, 6) is -0.548. The molecular weight excluding hydrogens is 360 g/mol. The number of thiazole rings is 1. The summed E-state index contributed by atoms with van der Waals surface area (Å²) in [5, 5.41) is 9.24. The van der Waals surface area contributed by atoms with E-state index in [2.05, 4.69) is 15.4 Å². The number of aryl methyl sites for hydroxylation is 1. The number of nitrogens with zero attached hydrogens (tertiary/aromatic N) is 3. The largest absolute Gasteiger partial charge is 0.298 e. The Morgan fingerprint density at radius 3 is 2.64 bits per heavy atom. The van der Waals surface area contributed by atoms with E-state index >= 15 is 0 Å². The molecule has 0 unspecified atom stereocenters. The van der Waals surface area contributed by atoms with Gasteiger partial charge in [0, 0.05) is 12.3 Å². The fraction of sp³-hybridized carbons (Fsp3) is 0.176. The Morgan fingerprint density at radius 2 is 2.00 bits per heavy atom. The van der Waals surface area contributed by atoms with Gasteiger partial charge in [-0.3, -0.25) is 14.9 Å². The fourth-order valence-corrected chi connectivity index (χ4v) is 3.39. The molecule has 3 rings (SSSR count). The van der Waals surface area contributed by atoms with Crippen LogP contribution in [0.15, 0.2) is 35.7 Å². The summed E-state index contributed by atoms with van der Waals surface area (Å²) in [6, 6.07) is 9.73. The molecule has 0 spiro atoms. The van der Waals surface area contributed by atoms with Gasteiger partial charge in [0.2, 0.25) is 0 Å². The number of Topliss-reactive ketones (excluding diaryl/α,β-unsaturated/α-hetero) is 1. The van der Waals surface area contributed by atoms with Gasteiger partial charge >= 0.3 is 0 Å². The number of rotatable bonds is 5. The van der Waals surface area contributed by atoms with Crippen molar-refractivity contribution in [3.05, 3.63) is 63.4 Å². The summed E-state index contributed by atoms with van der Waals surface area (Å²) in [5.41, 5.74) is 2.19. The standard InChI is InChI=1S/C17H15ClN4O2S/c1-10-14(16(24)20-17-19-13(9-25-17)11(2)23)15(18)22(21-10)8-12-6-4-3-5-7-12/h3-7,9H,8H2,1-2H3,(H,19,20,24). The van der Waals surface area contributed by atoms with E-state index in [1.54, 1.807) is 17.0 Å². The molecule has 1 aromatic carbocycles. The van der Waals surface area contributed by atoms with Crippen LogP contribution >= 0.6 is 22.9 Å². The molecule has 0 atom stereocenters. The van der Waals surface area contributed by atoms with Gasteiger partial charge in [-0.15, -0.1) is 11.3 Å². The molecule has 1 amide bonds. The lowest BCUT2D eigenvalue weighted by molar-refractivity contribution is 0.100.